The first kappa shape index (κ1) is 16.8. The van der Waals surface area contributed by atoms with Gasteiger partial charge in [-0.2, -0.15) is 0 Å². The van der Waals surface area contributed by atoms with Gasteiger partial charge in [-0.05, 0) is 50.5 Å². The van der Waals surface area contributed by atoms with E-state index >= 15 is 0 Å². The minimum atomic E-state index is -0.332. The Morgan fingerprint density at radius 1 is 1.12 bits per heavy atom. The van der Waals surface area contributed by atoms with Gasteiger partial charge >= 0.3 is 5.63 Å². The average Bonchev–Trinajstić information content (AvgIpc) is 2.99. The molecule has 132 valence electrons. The van der Waals surface area contributed by atoms with Crippen molar-refractivity contribution in [3.63, 3.8) is 0 Å². The van der Waals surface area contributed by atoms with Gasteiger partial charge in [-0.15, -0.1) is 10.2 Å². The van der Waals surface area contributed by atoms with Crippen LogP contribution in [0.2, 0.25) is 0 Å². The number of fused-ring (bicyclic) bond motifs is 2. The zero-order chi connectivity index (χ0) is 18.4. The fraction of sp³-hybridized carbons (Fsp3) is 0.263. The first-order valence-electron chi connectivity index (χ1n) is 8.29. The Morgan fingerprint density at radius 3 is 2.73 bits per heavy atom. The summed E-state index contributed by atoms with van der Waals surface area (Å²) in [6, 6.07) is 7.62. The molecule has 0 saturated carbocycles. The van der Waals surface area contributed by atoms with E-state index in [4.69, 9.17) is 4.42 Å². The molecule has 0 radical (unpaired) electrons. The molecule has 3 heterocycles. The van der Waals surface area contributed by atoms with Crippen LogP contribution in [0, 0.1) is 27.7 Å². The largest absolute Gasteiger partial charge is 0.422 e. The van der Waals surface area contributed by atoms with Crippen molar-refractivity contribution >= 4 is 28.5 Å². The van der Waals surface area contributed by atoms with Gasteiger partial charge in [0, 0.05) is 28.6 Å². The second kappa shape index (κ2) is 6.25. The first-order valence-corrected chi connectivity index (χ1v) is 9.27. The van der Waals surface area contributed by atoms with Gasteiger partial charge < -0.3 is 4.42 Å². The predicted molar refractivity (Wildman–Crippen MR) is 102 cm³/mol. The third-order valence-electron chi connectivity index (χ3n) is 4.54. The molecule has 0 N–H and O–H groups in total. The molecule has 0 saturated heterocycles. The van der Waals surface area contributed by atoms with Crippen LogP contribution >= 0.6 is 11.8 Å². The molecule has 4 rings (SSSR count). The van der Waals surface area contributed by atoms with Crippen molar-refractivity contribution in [2.24, 2.45) is 0 Å². The Hall–Kier alpha value is -2.67. The summed E-state index contributed by atoms with van der Waals surface area (Å²) in [5.74, 6) is 1.19. The molecule has 26 heavy (non-hydrogen) atoms. The summed E-state index contributed by atoms with van der Waals surface area (Å²) in [4.78, 5) is 16.4. The lowest BCUT2D eigenvalue weighted by Crippen LogP contribution is -2.02. The quantitative estimate of drug-likeness (QED) is 0.406. The van der Waals surface area contributed by atoms with E-state index in [2.05, 4.69) is 21.2 Å². The lowest BCUT2D eigenvalue weighted by atomic mass is 10.0. The summed E-state index contributed by atoms with van der Waals surface area (Å²) in [5, 5.41) is 10.1. The highest BCUT2D eigenvalue weighted by Crippen LogP contribution is 2.28. The molecule has 0 amide bonds. The van der Waals surface area contributed by atoms with Gasteiger partial charge in [0.2, 0.25) is 0 Å². The number of rotatable bonds is 3. The van der Waals surface area contributed by atoms with E-state index in [0.29, 0.717) is 17.1 Å². The first-order chi connectivity index (χ1) is 12.4. The van der Waals surface area contributed by atoms with Crippen molar-refractivity contribution in [3.05, 3.63) is 62.8 Å². The highest BCUT2D eigenvalue weighted by molar-refractivity contribution is 7.98. The summed E-state index contributed by atoms with van der Waals surface area (Å²) in [6.45, 7) is 7.93. The van der Waals surface area contributed by atoms with Crippen molar-refractivity contribution in [1.29, 1.82) is 0 Å². The summed E-state index contributed by atoms with van der Waals surface area (Å²) in [5.41, 5.74) is 5.30. The average molecular weight is 366 g/mol. The van der Waals surface area contributed by atoms with Gasteiger partial charge in [-0.25, -0.2) is 9.78 Å². The normalized spacial score (nSPS) is 11.5. The molecule has 0 spiro atoms. The van der Waals surface area contributed by atoms with Crippen LogP contribution in [0.25, 0.3) is 16.7 Å². The smallest absolute Gasteiger partial charge is 0.336 e. The Balaban J connectivity index is 1.75. The van der Waals surface area contributed by atoms with Gasteiger partial charge in [0.05, 0.1) is 0 Å². The number of benzene rings is 1. The maximum Gasteiger partial charge on any atom is 0.336 e. The predicted octanol–water partition coefficient (Wildman–Crippen LogP) is 3.76. The number of hydrogen-bond acceptors (Lipinski definition) is 6. The van der Waals surface area contributed by atoms with Crippen molar-refractivity contribution in [2.45, 2.75) is 38.6 Å². The summed E-state index contributed by atoms with van der Waals surface area (Å²) < 4.78 is 7.38. The zero-order valence-electron chi connectivity index (χ0n) is 15.0. The van der Waals surface area contributed by atoms with E-state index in [9.17, 15) is 4.79 Å². The highest BCUT2D eigenvalue weighted by Gasteiger charge is 2.13. The van der Waals surface area contributed by atoms with E-state index < -0.39 is 0 Å². The van der Waals surface area contributed by atoms with E-state index in [-0.39, 0.29) is 5.63 Å². The maximum atomic E-state index is 12.0. The molecule has 0 aliphatic heterocycles. The number of thioether (sulfide) groups is 1. The SMILES string of the molecule is Cc1cc(C)n2c(SCc3cc(=O)oc4c(C)c(C)ccc34)nnc2n1. The summed E-state index contributed by atoms with van der Waals surface area (Å²) >= 11 is 1.53. The van der Waals surface area contributed by atoms with Crippen LogP contribution in [0.5, 0.6) is 0 Å². The minimum Gasteiger partial charge on any atom is -0.422 e. The molecular formula is C19H18N4O2S. The monoisotopic (exact) mass is 366 g/mol. The molecule has 0 atom stereocenters. The maximum absolute atomic E-state index is 12.0. The Morgan fingerprint density at radius 2 is 1.92 bits per heavy atom. The van der Waals surface area contributed by atoms with Crippen LogP contribution in [-0.2, 0) is 5.75 Å². The summed E-state index contributed by atoms with van der Waals surface area (Å²) in [6.07, 6.45) is 0. The highest BCUT2D eigenvalue weighted by atomic mass is 32.2. The molecule has 3 aromatic heterocycles. The lowest BCUT2D eigenvalue weighted by Gasteiger charge is -2.09. The van der Waals surface area contributed by atoms with Crippen molar-refractivity contribution in [1.82, 2.24) is 19.6 Å². The minimum absolute atomic E-state index is 0.332. The third kappa shape index (κ3) is 2.78. The number of nitrogens with zero attached hydrogens (tertiary/aromatic N) is 4. The molecule has 0 fully saturated rings. The lowest BCUT2D eigenvalue weighted by molar-refractivity contribution is 0.557. The van der Waals surface area contributed by atoms with Crippen LogP contribution in [0.4, 0.5) is 0 Å². The van der Waals surface area contributed by atoms with Crippen LogP contribution < -0.4 is 5.63 Å². The van der Waals surface area contributed by atoms with Gasteiger partial charge in [0.1, 0.15) is 5.58 Å². The van der Waals surface area contributed by atoms with E-state index in [1.165, 1.54) is 11.8 Å². The molecule has 4 aromatic rings. The fourth-order valence-corrected chi connectivity index (χ4v) is 4.06. The standard InChI is InChI=1S/C19H18N4O2S/c1-10-5-6-15-14(8-16(24)25-17(15)13(10)4)9-26-19-22-21-18-20-11(2)7-12(3)23(18)19/h5-8H,9H2,1-4H3. The molecule has 0 unspecified atom stereocenters. The zero-order valence-corrected chi connectivity index (χ0v) is 15.8. The second-order valence-electron chi connectivity index (χ2n) is 6.42. The Kier molecular flexibility index (Phi) is 4.03. The van der Waals surface area contributed by atoms with Crippen molar-refractivity contribution < 1.29 is 4.42 Å². The van der Waals surface area contributed by atoms with Crippen LogP contribution in [0.3, 0.4) is 0 Å². The summed E-state index contributed by atoms with van der Waals surface area (Å²) in [7, 11) is 0. The van der Waals surface area contributed by atoms with Gasteiger partial charge in [0.15, 0.2) is 5.16 Å². The number of hydrogen-bond donors (Lipinski definition) is 0. The molecule has 7 heteroatoms. The van der Waals surface area contributed by atoms with E-state index in [1.54, 1.807) is 6.07 Å². The van der Waals surface area contributed by atoms with Gasteiger partial charge in [-0.1, -0.05) is 23.9 Å². The third-order valence-corrected chi connectivity index (χ3v) is 5.52. The molecular weight excluding hydrogens is 348 g/mol. The number of aromatic nitrogens is 4. The van der Waals surface area contributed by atoms with Crippen LogP contribution in [0.15, 0.2) is 38.6 Å². The van der Waals surface area contributed by atoms with Crippen LogP contribution in [-0.4, -0.2) is 19.6 Å². The van der Waals surface area contributed by atoms with Crippen LogP contribution in [0.1, 0.15) is 28.1 Å². The molecule has 0 aliphatic rings. The van der Waals surface area contributed by atoms with E-state index in [0.717, 1.165) is 38.6 Å². The van der Waals surface area contributed by atoms with Crippen molar-refractivity contribution in [2.75, 3.05) is 0 Å². The topological polar surface area (TPSA) is 73.3 Å². The fourth-order valence-electron chi connectivity index (χ4n) is 3.08. The van der Waals surface area contributed by atoms with Gasteiger partial charge in [-0.3, -0.25) is 4.40 Å². The molecule has 1 aromatic carbocycles. The number of aryl methyl sites for hydroxylation is 4. The molecule has 6 nitrogen and oxygen atoms in total. The Labute approximate surface area is 154 Å². The van der Waals surface area contributed by atoms with Crippen molar-refractivity contribution in [3.8, 4) is 0 Å². The second-order valence-corrected chi connectivity index (χ2v) is 7.36. The van der Waals surface area contributed by atoms with Gasteiger partial charge in [0.25, 0.3) is 5.78 Å². The Bertz CT molecular complexity index is 1210. The molecule has 0 aliphatic carbocycles. The molecule has 0 bridgehead atoms. The van der Waals surface area contributed by atoms with E-state index in [1.807, 2.05) is 44.2 Å².